The van der Waals surface area contributed by atoms with E-state index in [4.69, 9.17) is 4.74 Å². The van der Waals surface area contributed by atoms with Gasteiger partial charge in [-0.2, -0.15) is 0 Å². The van der Waals surface area contributed by atoms with Crippen LogP contribution in [0.2, 0.25) is 0 Å². The van der Waals surface area contributed by atoms with Gasteiger partial charge in [-0.25, -0.2) is 10.9 Å². The number of thiol groups is 1. The molecule has 0 spiro atoms. The molecule has 2 nitrogen and oxygen atoms in total. The first-order valence-electron chi connectivity index (χ1n) is 8.66. The Hall–Kier alpha value is 0.270. The molecule has 3 rings (SSSR count). The number of aliphatic hydroxyl groups excluding tert-OH is 1. The molecule has 2 aliphatic carbocycles. The Labute approximate surface area is 127 Å². The molecule has 3 heteroatoms. The Morgan fingerprint density at radius 2 is 1.95 bits per heavy atom. The molecule has 1 heterocycles. The summed E-state index contributed by atoms with van der Waals surface area (Å²) in [6.45, 7) is 4.63. The van der Waals surface area contributed by atoms with Crippen LogP contribution in [0.4, 0.5) is 0 Å². The molecule has 2 bridgehead atoms. The molecule has 5 atom stereocenters. The summed E-state index contributed by atoms with van der Waals surface area (Å²) in [6, 6.07) is 0. The molecule has 2 saturated carbocycles. The molecular weight excluding hydrogens is 268 g/mol. The summed E-state index contributed by atoms with van der Waals surface area (Å²) in [5.41, 5.74) is -0.0780. The largest absolute Gasteiger partial charge is 0.367 e. The maximum Gasteiger partial charge on any atom is 0.162 e. The van der Waals surface area contributed by atoms with Crippen molar-refractivity contribution in [2.45, 2.75) is 70.7 Å². The van der Waals surface area contributed by atoms with Crippen molar-refractivity contribution in [2.75, 3.05) is 17.3 Å². The Kier molecular flexibility index (Phi) is 4.69. The maximum absolute atomic E-state index is 10.4. The van der Waals surface area contributed by atoms with Gasteiger partial charge in [-0.15, -0.1) is 0 Å². The Balaban J connectivity index is 1.61. The van der Waals surface area contributed by atoms with Gasteiger partial charge in [0.05, 0.1) is 5.60 Å². The fourth-order valence-corrected chi connectivity index (χ4v) is 7.34. The van der Waals surface area contributed by atoms with E-state index in [2.05, 4.69) is 13.8 Å². The zero-order valence-electron chi connectivity index (χ0n) is 13.2. The highest BCUT2D eigenvalue weighted by Crippen LogP contribution is 2.50. The third kappa shape index (κ3) is 3.05. The molecule has 0 aromatic heterocycles. The quantitative estimate of drug-likeness (QED) is 0.612. The lowest BCUT2D eigenvalue weighted by Crippen LogP contribution is -2.52. The van der Waals surface area contributed by atoms with Crippen LogP contribution in [0.15, 0.2) is 0 Å². The summed E-state index contributed by atoms with van der Waals surface area (Å²) >= 11 is 0. The number of fused-ring (bicyclic) bond motifs is 2. The molecule has 5 unspecified atom stereocenters. The summed E-state index contributed by atoms with van der Waals surface area (Å²) in [4.78, 5) is 0. The van der Waals surface area contributed by atoms with Gasteiger partial charge in [0.2, 0.25) is 0 Å². The average Bonchev–Trinajstić information content (AvgIpc) is 2.90. The van der Waals surface area contributed by atoms with Crippen molar-refractivity contribution in [3.8, 4) is 0 Å². The molecule has 0 amide bonds. The fourth-order valence-electron chi connectivity index (χ4n) is 4.89. The van der Waals surface area contributed by atoms with Crippen molar-refractivity contribution in [1.29, 1.82) is 0 Å². The Morgan fingerprint density at radius 3 is 2.70 bits per heavy atom. The van der Waals surface area contributed by atoms with Gasteiger partial charge in [0.1, 0.15) is 0 Å². The van der Waals surface area contributed by atoms with Gasteiger partial charge in [0, 0.05) is 5.75 Å². The van der Waals surface area contributed by atoms with Gasteiger partial charge in [0.25, 0.3) is 0 Å². The Bertz CT molecular complexity index is 327. The SMILES string of the molecule is CC1CC2CCCC(C2)C1(C)OC(O)C[SH]1CCCC1. The van der Waals surface area contributed by atoms with E-state index in [1.165, 1.54) is 56.5 Å². The predicted molar refractivity (Wildman–Crippen MR) is 87.5 cm³/mol. The van der Waals surface area contributed by atoms with Crippen LogP contribution in [-0.4, -0.2) is 34.3 Å². The van der Waals surface area contributed by atoms with E-state index in [9.17, 15) is 5.11 Å². The number of hydrogen-bond donors (Lipinski definition) is 2. The van der Waals surface area contributed by atoms with Crippen LogP contribution in [0.1, 0.15) is 58.8 Å². The van der Waals surface area contributed by atoms with Gasteiger partial charge >= 0.3 is 0 Å². The summed E-state index contributed by atoms with van der Waals surface area (Å²) in [7, 11) is 0.0636. The molecule has 3 aliphatic rings. The smallest absolute Gasteiger partial charge is 0.162 e. The van der Waals surface area contributed by atoms with Gasteiger partial charge in [-0.1, -0.05) is 19.8 Å². The van der Waals surface area contributed by atoms with Crippen molar-refractivity contribution in [3.05, 3.63) is 0 Å². The zero-order valence-corrected chi connectivity index (χ0v) is 14.1. The van der Waals surface area contributed by atoms with Crippen LogP contribution in [0.3, 0.4) is 0 Å². The second-order valence-corrected chi connectivity index (χ2v) is 10.2. The third-order valence-corrected chi connectivity index (χ3v) is 8.99. The second kappa shape index (κ2) is 6.18. The van der Waals surface area contributed by atoms with Crippen LogP contribution in [0, 0.1) is 17.8 Å². The van der Waals surface area contributed by atoms with Crippen molar-refractivity contribution < 1.29 is 9.84 Å². The monoisotopic (exact) mass is 300 g/mol. The van der Waals surface area contributed by atoms with Crippen LogP contribution >= 0.6 is 10.9 Å². The highest BCUT2D eigenvalue weighted by molar-refractivity contribution is 8.17. The number of rotatable bonds is 4. The van der Waals surface area contributed by atoms with E-state index < -0.39 is 6.29 Å². The first kappa shape index (κ1) is 15.2. The summed E-state index contributed by atoms with van der Waals surface area (Å²) in [6.07, 6.45) is 8.96. The highest BCUT2D eigenvalue weighted by Gasteiger charge is 2.48. The minimum absolute atomic E-state index is 0.0636. The Morgan fingerprint density at radius 1 is 1.20 bits per heavy atom. The molecular formula is C17H32O2S. The molecule has 1 N–H and O–H groups in total. The van der Waals surface area contributed by atoms with Crippen molar-refractivity contribution in [1.82, 2.24) is 0 Å². The lowest BCUT2D eigenvalue weighted by atomic mass is 9.60. The topological polar surface area (TPSA) is 29.5 Å². The fraction of sp³-hybridized carbons (Fsp3) is 1.00. The van der Waals surface area contributed by atoms with E-state index in [0.29, 0.717) is 11.8 Å². The van der Waals surface area contributed by atoms with Crippen LogP contribution in [-0.2, 0) is 4.74 Å². The molecule has 0 aromatic rings. The second-order valence-electron chi connectivity index (χ2n) is 7.63. The number of ether oxygens (including phenoxy) is 1. The normalized spacial score (nSPS) is 44.5. The number of hydrogen-bond acceptors (Lipinski definition) is 2. The molecule has 3 fully saturated rings. The molecule has 0 radical (unpaired) electrons. The van der Waals surface area contributed by atoms with Gasteiger partial charge in [-0.05, 0) is 68.3 Å². The zero-order chi connectivity index (χ0) is 14.2. The van der Waals surface area contributed by atoms with Crippen molar-refractivity contribution in [3.63, 3.8) is 0 Å². The molecule has 1 aliphatic heterocycles. The van der Waals surface area contributed by atoms with E-state index in [1.807, 2.05) is 0 Å². The molecule has 20 heavy (non-hydrogen) atoms. The predicted octanol–water partition coefficient (Wildman–Crippen LogP) is 3.72. The minimum atomic E-state index is -0.509. The first-order valence-corrected chi connectivity index (χ1v) is 10.6. The highest BCUT2D eigenvalue weighted by atomic mass is 32.2. The van der Waals surface area contributed by atoms with Gasteiger partial charge in [0.15, 0.2) is 6.29 Å². The lowest BCUT2D eigenvalue weighted by Gasteiger charge is -2.52. The van der Waals surface area contributed by atoms with Gasteiger partial charge in [-0.3, -0.25) is 0 Å². The number of aliphatic hydroxyl groups is 1. The first-order chi connectivity index (χ1) is 9.58. The van der Waals surface area contributed by atoms with Crippen molar-refractivity contribution in [2.24, 2.45) is 17.8 Å². The average molecular weight is 301 g/mol. The van der Waals surface area contributed by atoms with E-state index in [1.54, 1.807) is 0 Å². The van der Waals surface area contributed by atoms with Crippen molar-refractivity contribution >= 4 is 10.9 Å². The summed E-state index contributed by atoms with van der Waals surface area (Å²) in [5, 5.41) is 10.4. The lowest BCUT2D eigenvalue weighted by molar-refractivity contribution is -0.228. The molecule has 118 valence electrons. The van der Waals surface area contributed by atoms with Gasteiger partial charge < -0.3 is 9.84 Å². The summed E-state index contributed by atoms with van der Waals surface area (Å²) < 4.78 is 6.31. The van der Waals surface area contributed by atoms with E-state index >= 15 is 0 Å². The molecule has 0 aromatic carbocycles. The van der Waals surface area contributed by atoms with Crippen LogP contribution < -0.4 is 0 Å². The van der Waals surface area contributed by atoms with E-state index in [-0.39, 0.29) is 16.5 Å². The summed E-state index contributed by atoms with van der Waals surface area (Å²) in [5.74, 6) is 5.83. The van der Waals surface area contributed by atoms with Crippen LogP contribution in [0.25, 0.3) is 0 Å². The minimum Gasteiger partial charge on any atom is -0.367 e. The third-order valence-electron chi connectivity index (χ3n) is 6.26. The standard InChI is InChI=1S/C17H32O2S/c1-13-10-14-6-5-7-15(11-14)17(13,2)19-16(18)12-20-8-3-4-9-20/h13-16,18,20H,3-12H2,1-2H3. The van der Waals surface area contributed by atoms with Crippen LogP contribution in [0.5, 0.6) is 0 Å². The van der Waals surface area contributed by atoms with E-state index in [0.717, 1.165) is 11.7 Å². The maximum atomic E-state index is 10.4. The molecule has 1 saturated heterocycles.